The number of pyridine rings is 2. The molecule has 0 N–H and O–H groups in total. The quantitative estimate of drug-likeness (QED) is 0.194. The number of alkyl halides is 1. The predicted molar refractivity (Wildman–Crippen MR) is 186 cm³/mol. The third-order valence-corrected chi connectivity index (χ3v) is 10.2. The van der Waals surface area contributed by atoms with Crippen molar-refractivity contribution in [2.24, 2.45) is 0 Å². The average molecular weight is 691 g/mol. The number of aromatic nitrogens is 4. The fourth-order valence-electron chi connectivity index (χ4n) is 7.72. The highest BCUT2D eigenvalue weighted by molar-refractivity contribution is 6.02. The van der Waals surface area contributed by atoms with Gasteiger partial charge in [0.1, 0.15) is 29.8 Å². The van der Waals surface area contributed by atoms with Gasteiger partial charge in [-0.1, -0.05) is 36.4 Å². The molecule has 3 saturated heterocycles. The lowest BCUT2D eigenvalue weighted by Crippen LogP contribution is -2.49. The molecule has 2 aromatic carbocycles. The van der Waals surface area contributed by atoms with Crippen molar-refractivity contribution >= 4 is 39.5 Å². The molecule has 258 valence electrons. The van der Waals surface area contributed by atoms with Gasteiger partial charge in [0.2, 0.25) is 0 Å². The number of anilines is 1. The Morgan fingerprint density at radius 1 is 1.04 bits per heavy atom. The third-order valence-electron chi connectivity index (χ3n) is 10.2. The van der Waals surface area contributed by atoms with Crippen LogP contribution >= 0.6 is 0 Å². The van der Waals surface area contributed by atoms with E-state index in [2.05, 4.69) is 25.9 Å². The highest BCUT2D eigenvalue weighted by Crippen LogP contribution is 2.41. The van der Waals surface area contributed by atoms with Crippen LogP contribution in [-0.2, 0) is 4.79 Å². The van der Waals surface area contributed by atoms with Crippen LogP contribution in [0.1, 0.15) is 30.5 Å². The molecule has 1 amide bonds. The van der Waals surface area contributed by atoms with Crippen LogP contribution in [0.15, 0.2) is 72.8 Å². The average Bonchev–Trinajstić information content (AvgIpc) is 3.69. The second kappa shape index (κ2) is 13.3. The van der Waals surface area contributed by atoms with Gasteiger partial charge in [-0.2, -0.15) is 15.2 Å². The van der Waals surface area contributed by atoms with Crippen molar-refractivity contribution in [1.82, 2.24) is 29.7 Å². The molecular weight excluding hydrogens is 657 g/mol. The van der Waals surface area contributed by atoms with E-state index in [1.165, 1.54) is 17.3 Å². The Kier molecular flexibility index (Phi) is 8.47. The van der Waals surface area contributed by atoms with Crippen molar-refractivity contribution in [3.05, 3.63) is 89.9 Å². The topological polar surface area (TPSA) is 111 Å². The smallest absolute Gasteiger partial charge is 0.319 e. The highest BCUT2D eigenvalue weighted by Gasteiger charge is 2.49. The summed E-state index contributed by atoms with van der Waals surface area (Å²) in [4.78, 5) is 36.3. The molecule has 0 bridgehead atoms. The van der Waals surface area contributed by atoms with Gasteiger partial charge in [0.25, 0.3) is 5.91 Å². The highest BCUT2D eigenvalue weighted by atomic mass is 19.1. The third kappa shape index (κ3) is 5.99. The Labute approximate surface area is 291 Å². The Bertz CT molecular complexity index is 2220. The van der Waals surface area contributed by atoms with Gasteiger partial charge in [0.15, 0.2) is 11.6 Å². The van der Waals surface area contributed by atoms with E-state index in [0.29, 0.717) is 46.4 Å². The lowest BCUT2D eigenvalue weighted by Gasteiger charge is -2.35. The maximum absolute atomic E-state index is 16.8. The first-order valence-corrected chi connectivity index (χ1v) is 17.0. The second-order valence-electron chi connectivity index (χ2n) is 13.2. The zero-order chi connectivity index (χ0) is 35.1. The van der Waals surface area contributed by atoms with E-state index in [1.54, 1.807) is 42.5 Å². The first kappa shape index (κ1) is 32.6. The lowest BCUT2D eigenvalue weighted by atomic mass is 9.95. The molecule has 2 atom stereocenters. The zero-order valence-electron chi connectivity index (χ0n) is 27.6. The number of amides is 1. The van der Waals surface area contributed by atoms with Crippen LogP contribution in [0.5, 0.6) is 6.01 Å². The molecule has 13 heteroatoms. The molecule has 3 aromatic heterocycles. The van der Waals surface area contributed by atoms with E-state index < -0.39 is 29.3 Å². The normalized spacial score (nSPS) is 20.9. The number of nitriles is 1. The Morgan fingerprint density at radius 3 is 2.65 bits per heavy atom. The summed E-state index contributed by atoms with van der Waals surface area (Å²) in [7, 11) is 0. The van der Waals surface area contributed by atoms with Crippen LogP contribution in [0.2, 0.25) is 0 Å². The summed E-state index contributed by atoms with van der Waals surface area (Å²) in [5.41, 5.74) is 0.690. The molecule has 3 fully saturated rings. The molecule has 3 aliphatic rings. The Balaban J connectivity index is 1.15. The van der Waals surface area contributed by atoms with Crippen LogP contribution in [-0.4, -0.2) is 93.2 Å². The minimum Gasteiger partial charge on any atom is -0.461 e. The van der Waals surface area contributed by atoms with Gasteiger partial charge in [-0.25, -0.2) is 13.2 Å². The molecule has 6 heterocycles. The number of hydrogen-bond acceptors (Lipinski definition) is 9. The van der Waals surface area contributed by atoms with Crippen LogP contribution in [0.4, 0.5) is 19.0 Å². The lowest BCUT2D eigenvalue weighted by molar-refractivity contribution is -0.128. The number of benzene rings is 2. The number of rotatable bonds is 7. The summed E-state index contributed by atoms with van der Waals surface area (Å²) >= 11 is 0. The van der Waals surface area contributed by atoms with Crippen LogP contribution in [0, 0.1) is 17.1 Å². The van der Waals surface area contributed by atoms with Crippen LogP contribution in [0.25, 0.3) is 39.0 Å². The number of fused-ring (bicyclic) bond motifs is 3. The van der Waals surface area contributed by atoms with E-state index in [1.807, 2.05) is 17.0 Å². The Morgan fingerprint density at radius 2 is 1.86 bits per heavy atom. The van der Waals surface area contributed by atoms with E-state index >= 15 is 4.39 Å². The zero-order valence-corrected chi connectivity index (χ0v) is 27.6. The van der Waals surface area contributed by atoms with Gasteiger partial charge >= 0.3 is 6.01 Å². The van der Waals surface area contributed by atoms with Crippen molar-refractivity contribution in [2.45, 2.75) is 31.0 Å². The fraction of sp³-hybridized carbons (Fsp3) is 0.316. The van der Waals surface area contributed by atoms with Crippen molar-refractivity contribution in [3.8, 4) is 23.3 Å². The molecule has 0 aliphatic carbocycles. The van der Waals surface area contributed by atoms with Gasteiger partial charge in [-0.05, 0) is 43.0 Å². The number of piperazine rings is 1. The van der Waals surface area contributed by atoms with Crippen molar-refractivity contribution in [2.75, 3.05) is 50.8 Å². The van der Waals surface area contributed by atoms with Crippen LogP contribution < -0.4 is 9.64 Å². The van der Waals surface area contributed by atoms with Gasteiger partial charge in [0, 0.05) is 68.6 Å². The summed E-state index contributed by atoms with van der Waals surface area (Å²) in [5, 5.41) is 11.5. The SMILES string of the molecule is N#Cc1cccc2cccc(-c3ncc4c(N5CCN(C(=O)/C(F)=C/c6ccccn6)CC5)nc(OC[C@@]56CCCN5C[C@H](F)C6)nc4c3F)c12. The van der Waals surface area contributed by atoms with Gasteiger partial charge in [0.05, 0.1) is 28.3 Å². The maximum Gasteiger partial charge on any atom is 0.319 e. The van der Waals surface area contributed by atoms with Gasteiger partial charge in [-0.3, -0.25) is 19.7 Å². The summed E-state index contributed by atoms with van der Waals surface area (Å²) in [6.07, 6.45) is 5.25. The summed E-state index contributed by atoms with van der Waals surface area (Å²) in [6, 6.07) is 17.8. The van der Waals surface area contributed by atoms with E-state index in [4.69, 9.17) is 9.72 Å². The molecule has 0 spiro atoms. The number of ether oxygens (including phenoxy) is 1. The van der Waals surface area contributed by atoms with Crippen molar-refractivity contribution < 1.29 is 22.7 Å². The largest absolute Gasteiger partial charge is 0.461 e. The Hall–Kier alpha value is -5.61. The molecule has 8 rings (SSSR count). The molecule has 10 nitrogen and oxygen atoms in total. The first-order valence-electron chi connectivity index (χ1n) is 17.0. The molecule has 0 unspecified atom stereocenters. The van der Waals surface area contributed by atoms with Crippen molar-refractivity contribution in [3.63, 3.8) is 0 Å². The monoisotopic (exact) mass is 690 g/mol. The number of carbonyl (C=O) groups is 1. The molecule has 0 saturated carbocycles. The van der Waals surface area contributed by atoms with E-state index in [0.717, 1.165) is 30.8 Å². The number of carbonyl (C=O) groups excluding carboxylic acids is 1. The summed E-state index contributed by atoms with van der Waals surface area (Å²) in [6.45, 7) is 2.20. The minimum absolute atomic E-state index is 0.0219. The predicted octanol–water partition coefficient (Wildman–Crippen LogP) is 5.87. The standard InChI is InChI=1S/C38H33F3N8O2/c39-26-19-38(11-5-13-49(38)22-26)23-51-37-45-34-29(21-44-33(32(34)41)28-10-4-7-24-6-3-8-25(20-42)31(24)28)35(46-37)47-14-16-48(17-15-47)36(50)30(40)18-27-9-1-2-12-43-27/h1-4,6-10,12,18,21,26H,5,11,13-17,19,22-23H2/b30-18-/t26-,38+/m1/s1. The second-order valence-corrected chi connectivity index (χ2v) is 13.2. The molecule has 5 aromatic rings. The summed E-state index contributed by atoms with van der Waals surface area (Å²) in [5.74, 6) is -2.01. The van der Waals surface area contributed by atoms with Crippen LogP contribution in [0.3, 0.4) is 0 Å². The van der Waals surface area contributed by atoms with E-state index in [9.17, 15) is 18.8 Å². The van der Waals surface area contributed by atoms with Crippen molar-refractivity contribution in [1.29, 1.82) is 5.26 Å². The van der Waals surface area contributed by atoms with Gasteiger partial charge < -0.3 is 14.5 Å². The molecule has 51 heavy (non-hydrogen) atoms. The maximum atomic E-state index is 16.8. The van der Waals surface area contributed by atoms with Gasteiger partial charge in [-0.15, -0.1) is 0 Å². The number of halogens is 3. The minimum atomic E-state index is -0.949. The molecule has 0 radical (unpaired) electrons. The van der Waals surface area contributed by atoms with E-state index in [-0.39, 0.29) is 50.0 Å². The number of nitrogens with zero attached hydrogens (tertiary/aromatic N) is 8. The first-order chi connectivity index (χ1) is 24.8. The molecule has 3 aliphatic heterocycles. The number of hydrogen-bond donors (Lipinski definition) is 0. The fourth-order valence-corrected chi connectivity index (χ4v) is 7.72. The molecular formula is C38H33F3N8O2. The summed E-state index contributed by atoms with van der Waals surface area (Å²) < 4.78 is 52.5.